The van der Waals surface area contributed by atoms with Crippen LogP contribution < -0.4 is 5.32 Å². The smallest absolute Gasteiger partial charge is 0.405 e. The van der Waals surface area contributed by atoms with E-state index in [9.17, 15) is 4.79 Å². The molecule has 1 rings (SSSR count). The van der Waals surface area contributed by atoms with Crippen LogP contribution >= 0.6 is 24.0 Å². The molecule has 13 heavy (non-hydrogen) atoms. The van der Waals surface area contributed by atoms with E-state index < -0.39 is 11.6 Å². The van der Waals surface area contributed by atoms with Gasteiger partial charge in [0, 0.05) is 0 Å². The molecule has 0 aromatic rings. The Morgan fingerprint density at radius 3 is 2.38 bits per heavy atom. The van der Waals surface area contributed by atoms with E-state index in [1.807, 2.05) is 0 Å². The van der Waals surface area contributed by atoms with E-state index in [0.29, 0.717) is 5.92 Å². The summed E-state index contributed by atoms with van der Waals surface area (Å²) in [7, 11) is 0. The predicted molar refractivity (Wildman–Crippen MR) is 54.6 cm³/mol. The van der Waals surface area contributed by atoms with Crippen LogP contribution in [0, 0.1) is 5.92 Å². The Hall–Kier alpha value is -0.150. The molecule has 1 aliphatic rings. The Bertz CT molecular complexity index is 160. The highest BCUT2D eigenvalue weighted by atomic mass is 35.5. The van der Waals surface area contributed by atoms with Crippen LogP contribution in [-0.2, 0) is 0 Å². The lowest BCUT2D eigenvalue weighted by atomic mass is 9.89. The molecule has 0 aromatic heterocycles. The van der Waals surface area contributed by atoms with Crippen molar-refractivity contribution in [1.82, 2.24) is 5.32 Å². The van der Waals surface area contributed by atoms with Crippen molar-refractivity contribution in [1.29, 1.82) is 0 Å². The van der Waals surface area contributed by atoms with Gasteiger partial charge in [-0.2, -0.15) is 0 Å². The zero-order valence-corrected chi connectivity index (χ0v) is 8.90. The number of amides is 1. The van der Waals surface area contributed by atoms with E-state index in [4.69, 9.17) is 16.7 Å². The van der Waals surface area contributed by atoms with Gasteiger partial charge in [-0.25, -0.2) is 4.79 Å². The lowest BCUT2D eigenvalue weighted by Crippen LogP contribution is -2.36. The zero-order chi connectivity index (χ0) is 8.97. The van der Waals surface area contributed by atoms with Crippen molar-refractivity contribution in [3.05, 3.63) is 0 Å². The normalized spacial score (nSPS) is 20.1. The first-order valence-electron chi connectivity index (χ1n) is 4.33. The molecule has 1 amide bonds. The van der Waals surface area contributed by atoms with Crippen LogP contribution in [0.4, 0.5) is 4.79 Å². The Labute approximate surface area is 89.2 Å². The average Bonchev–Trinajstić information content (AvgIpc) is 2.05. The first kappa shape index (κ1) is 12.8. The third-order valence-electron chi connectivity index (χ3n) is 2.33. The van der Waals surface area contributed by atoms with Crippen LogP contribution in [0.2, 0.25) is 0 Å². The van der Waals surface area contributed by atoms with Gasteiger partial charge in [0.05, 0.1) is 0 Å². The van der Waals surface area contributed by atoms with E-state index in [1.165, 1.54) is 19.3 Å². The second-order valence-electron chi connectivity index (χ2n) is 3.25. The molecule has 0 aliphatic heterocycles. The topological polar surface area (TPSA) is 49.3 Å². The van der Waals surface area contributed by atoms with Crippen molar-refractivity contribution in [3.63, 3.8) is 0 Å². The lowest BCUT2D eigenvalue weighted by molar-refractivity contribution is 0.187. The highest BCUT2D eigenvalue weighted by molar-refractivity contribution is 6.21. The van der Waals surface area contributed by atoms with Gasteiger partial charge in [-0.15, -0.1) is 12.4 Å². The van der Waals surface area contributed by atoms with Crippen LogP contribution in [0.15, 0.2) is 0 Å². The monoisotopic (exact) mass is 227 g/mol. The SMILES string of the molecule is Cl.O=C(O)NC(Cl)C1CCCCC1. The van der Waals surface area contributed by atoms with Gasteiger partial charge < -0.3 is 10.4 Å². The minimum Gasteiger partial charge on any atom is -0.465 e. The fourth-order valence-corrected chi connectivity index (χ4v) is 2.01. The second kappa shape index (κ2) is 6.33. The molecule has 1 unspecified atom stereocenters. The molecule has 0 spiro atoms. The molecule has 0 heterocycles. The molecule has 0 radical (unpaired) electrons. The molecule has 78 valence electrons. The van der Waals surface area contributed by atoms with Gasteiger partial charge in [-0.1, -0.05) is 30.9 Å². The van der Waals surface area contributed by atoms with E-state index in [-0.39, 0.29) is 12.4 Å². The first-order valence-corrected chi connectivity index (χ1v) is 4.77. The molecule has 0 aromatic carbocycles. The van der Waals surface area contributed by atoms with Gasteiger partial charge in [0.15, 0.2) is 0 Å². The van der Waals surface area contributed by atoms with Crippen molar-refractivity contribution in [3.8, 4) is 0 Å². The molecule has 0 bridgehead atoms. The van der Waals surface area contributed by atoms with Gasteiger partial charge in [-0.3, -0.25) is 0 Å². The number of hydrogen-bond donors (Lipinski definition) is 2. The van der Waals surface area contributed by atoms with Gasteiger partial charge >= 0.3 is 6.09 Å². The molecule has 1 fully saturated rings. The summed E-state index contributed by atoms with van der Waals surface area (Å²) in [5, 5.41) is 10.7. The standard InChI is InChI=1S/C8H14ClNO2.ClH/c9-7(10-8(11)12)6-4-2-1-3-5-6;/h6-7,10H,1-5H2,(H,11,12);1H. The number of nitrogens with one attached hydrogen (secondary N) is 1. The fourth-order valence-electron chi connectivity index (χ4n) is 1.66. The minimum atomic E-state index is -1.03. The number of halogens is 2. The first-order chi connectivity index (χ1) is 5.70. The van der Waals surface area contributed by atoms with E-state index >= 15 is 0 Å². The molecule has 1 atom stereocenters. The summed E-state index contributed by atoms with van der Waals surface area (Å²) in [5.74, 6) is 0.330. The highest BCUT2D eigenvalue weighted by Gasteiger charge is 2.22. The zero-order valence-electron chi connectivity index (χ0n) is 7.33. The molecule has 5 heteroatoms. The van der Waals surface area contributed by atoms with Crippen LogP contribution in [0.1, 0.15) is 32.1 Å². The largest absolute Gasteiger partial charge is 0.465 e. The fraction of sp³-hybridized carbons (Fsp3) is 0.875. The third-order valence-corrected chi connectivity index (χ3v) is 2.79. The Balaban J connectivity index is 0.00000144. The minimum absolute atomic E-state index is 0. The molecule has 1 saturated carbocycles. The summed E-state index contributed by atoms with van der Waals surface area (Å²) < 4.78 is 0. The quantitative estimate of drug-likeness (QED) is 0.564. The lowest BCUT2D eigenvalue weighted by Gasteiger charge is -2.25. The molecular weight excluding hydrogens is 213 g/mol. The van der Waals surface area contributed by atoms with Crippen molar-refractivity contribution >= 4 is 30.1 Å². The van der Waals surface area contributed by atoms with Crippen LogP contribution in [0.3, 0.4) is 0 Å². The van der Waals surface area contributed by atoms with Gasteiger partial charge in [0.25, 0.3) is 0 Å². The van der Waals surface area contributed by atoms with E-state index in [1.54, 1.807) is 0 Å². The summed E-state index contributed by atoms with van der Waals surface area (Å²) in [5.41, 5.74) is -0.400. The van der Waals surface area contributed by atoms with Crippen LogP contribution in [0.25, 0.3) is 0 Å². The van der Waals surface area contributed by atoms with Gasteiger partial charge in [-0.05, 0) is 18.8 Å². The molecule has 2 N–H and O–H groups in total. The molecule has 3 nitrogen and oxygen atoms in total. The number of carbonyl (C=O) groups is 1. The number of hydrogen-bond acceptors (Lipinski definition) is 1. The van der Waals surface area contributed by atoms with Gasteiger partial charge in [0.2, 0.25) is 0 Å². The summed E-state index contributed by atoms with van der Waals surface area (Å²) in [6.07, 6.45) is 4.68. The molecule has 1 aliphatic carbocycles. The van der Waals surface area contributed by atoms with Crippen molar-refractivity contribution < 1.29 is 9.90 Å². The number of alkyl halides is 1. The highest BCUT2D eigenvalue weighted by Crippen LogP contribution is 2.27. The van der Waals surface area contributed by atoms with Crippen molar-refractivity contribution in [2.24, 2.45) is 5.92 Å². The summed E-state index contributed by atoms with van der Waals surface area (Å²) in [6, 6.07) is 0. The van der Waals surface area contributed by atoms with Crippen LogP contribution in [-0.4, -0.2) is 16.7 Å². The Morgan fingerprint density at radius 1 is 1.38 bits per heavy atom. The maximum absolute atomic E-state index is 10.3. The number of rotatable bonds is 2. The average molecular weight is 228 g/mol. The molecular formula is C8H15Cl2NO2. The van der Waals surface area contributed by atoms with Crippen molar-refractivity contribution in [2.75, 3.05) is 0 Å². The summed E-state index contributed by atoms with van der Waals surface area (Å²) in [4.78, 5) is 10.3. The molecule has 0 saturated heterocycles. The van der Waals surface area contributed by atoms with E-state index in [0.717, 1.165) is 12.8 Å². The predicted octanol–water partition coefficient (Wildman–Crippen LogP) is 2.82. The van der Waals surface area contributed by atoms with E-state index in [2.05, 4.69) is 5.32 Å². The summed E-state index contributed by atoms with van der Waals surface area (Å²) in [6.45, 7) is 0. The van der Waals surface area contributed by atoms with Crippen molar-refractivity contribution in [2.45, 2.75) is 37.6 Å². The third kappa shape index (κ3) is 4.58. The maximum atomic E-state index is 10.3. The second-order valence-corrected chi connectivity index (χ2v) is 3.72. The van der Waals surface area contributed by atoms with Crippen LogP contribution in [0.5, 0.6) is 0 Å². The number of carboxylic acid groups (broad SMARTS) is 1. The Morgan fingerprint density at radius 2 is 1.92 bits per heavy atom. The maximum Gasteiger partial charge on any atom is 0.405 e. The van der Waals surface area contributed by atoms with Gasteiger partial charge in [0.1, 0.15) is 5.50 Å². The Kier molecular flexibility index (Phi) is 6.25. The summed E-state index contributed by atoms with van der Waals surface area (Å²) >= 11 is 5.86.